The molecule has 7 nitrogen and oxygen atoms in total. The third kappa shape index (κ3) is 3.12. The first-order valence-electron chi connectivity index (χ1n) is 8.36. The quantitative estimate of drug-likeness (QED) is 0.688. The second kappa shape index (κ2) is 7.21. The summed E-state index contributed by atoms with van der Waals surface area (Å²) in [6.07, 6.45) is 4.35. The summed E-state index contributed by atoms with van der Waals surface area (Å²) in [7, 11) is 0. The summed E-state index contributed by atoms with van der Waals surface area (Å²) < 4.78 is 0. The van der Waals surface area contributed by atoms with E-state index in [1.807, 2.05) is 0 Å². The van der Waals surface area contributed by atoms with E-state index in [-0.39, 0.29) is 17.8 Å². The van der Waals surface area contributed by atoms with Gasteiger partial charge in [-0.1, -0.05) is 29.8 Å². The molecule has 2 aromatic heterocycles. The van der Waals surface area contributed by atoms with Gasteiger partial charge in [-0.3, -0.25) is 29.3 Å². The van der Waals surface area contributed by atoms with E-state index >= 15 is 0 Å². The number of hydrogen-bond donors (Lipinski definition) is 1. The third-order valence-electron chi connectivity index (χ3n) is 4.34. The zero-order chi connectivity index (χ0) is 19.7. The van der Waals surface area contributed by atoms with Gasteiger partial charge in [-0.2, -0.15) is 0 Å². The highest BCUT2D eigenvalue weighted by molar-refractivity contribution is 6.34. The molecule has 0 bridgehead atoms. The molecule has 1 N–H and O–H groups in total. The molecule has 1 aliphatic rings. The Bertz CT molecular complexity index is 1070. The molecule has 4 rings (SSSR count). The number of fused-ring (bicyclic) bond motifs is 1. The molecule has 0 unspecified atom stereocenters. The van der Waals surface area contributed by atoms with E-state index in [4.69, 9.17) is 11.6 Å². The molecule has 0 fully saturated rings. The first-order valence-corrected chi connectivity index (χ1v) is 8.74. The van der Waals surface area contributed by atoms with Gasteiger partial charge in [-0.25, -0.2) is 0 Å². The molecule has 0 aliphatic carbocycles. The Morgan fingerprint density at radius 1 is 1.00 bits per heavy atom. The molecule has 0 saturated carbocycles. The summed E-state index contributed by atoms with van der Waals surface area (Å²) in [5.74, 6) is -1.29. The van der Waals surface area contributed by atoms with Gasteiger partial charge in [-0.05, 0) is 29.8 Å². The summed E-state index contributed by atoms with van der Waals surface area (Å²) in [5.41, 5.74) is 1.64. The molecule has 8 heteroatoms. The Hall–Kier alpha value is -3.58. The lowest BCUT2D eigenvalue weighted by molar-refractivity contribution is 0.0642. The van der Waals surface area contributed by atoms with E-state index in [0.29, 0.717) is 21.8 Å². The van der Waals surface area contributed by atoms with Crippen LogP contribution in [-0.4, -0.2) is 32.6 Å². The highest BCUT2D eigenvalue weighted by Crippen LogP contribution is 2.30. The van der Waals surface area contributed by atoms with Gasteiger partial charge in [0.15, 0.2) is 0 Å². The Kier molecular flexibility index (Phi) is 4.58. The van der Waals surface area contributed by atoms with Crippen molar-refractivity contribution >= 4 is 35.0 Å². The van der Waals surface area contributed by atoms with Crippen molar-refractivity contribution in [2.75, 3.05) is 5.32 Å². The number of anilines is 1. The molecule has 138 valence electrons. The smallest absolute Gasteiger partial charge is 0.274 e. The van der Waals surface area contributed by atoms with Crippen LogP contribution in [-0.2, 0) is 6.54 Å². The van der Waals surface area contributed by atoms with Crippen LogP contribution in [0.3, 0.4) is 0 Å². The zero-order valence-electron chi connectivity index (χ0n) is 14.4. The van der Waals surface area contributed by atoms with Crippen LogP contribution < -0.4 is 5.32 Å². The van der Waals surface area contributed by atoms with Crippen LogP contribution in [0.2, 0.25) is 5.02 Å². The van der Waals surface area contributed by atoms with Crippen molar-refractivity contribution in [1.82, 2.24) is 14.9 Å². The van der Waals surface area contributed by atoms with Gasteiger partial charge in [0, 0.05) is 18.6 Å². The van der Waals surface area contributed by atoms with Crippen molar-refractivity contribution in [1.29, 1.82) is 0 Å². The highest BCUT2D eigenvalue weighted by Gasteiger charge is 2.36. The molecule has 1 aliphatic heterocycles. The molecule has 3 aromatic rings. The Balaban J connectivity index is 1.63. The van der Waals surface area contributed by atoms with Crippen LogP contribution in [0.4, 0.5) is 5.69 Å². The van der Waals surface area contributed by atoms with Gasteiger partial charge in [-0.15, -0.1) is 0 Å². The Morgan fingerprint density at radius 2 is 1.82 bits per heavy atom. The van der Waals surface area contributed by atoms with Gasteiger partial charge in [0.05, 0.1) is 28.4 Å². The van der Waals surface area contributed by atoms with Crippen LogP contribution in [0.1, 0.15) is 36.8 Å². The predicted octanol–water partition coefficient (Wildman–Crippen LogP) is 3.18. The van der Waals surface area contributed by atoms with Gasteiger partial charge < -0.3 is 5.32 Å². The standard InChI is InChI=1S/C20H13ClN4O3/c21-15-5-3-4-12(17(15)24-18(26)16-6-1-2-8-23-16)11-25-19(27)13-7-9-22-10-14(13)20(25)28/h1-10H,11H2,(H,24,26). The minimum absolute atomic E-state index is 0.0370. The molecule has 28 heavy (non-hydrogen) atoms. The van der Waals surface area contributed by atoms with Gasteiger partial charge in [0.1, 0.15) is 5.69 Å². The number of hydrogen-bond acceptors (Lipinski definition) is 5. The number of pyridine rings is 2. The fourth-order valence-electron chi connectivity index (χ4n) is 2.96. The fourth-order valence-corrected chi connectivity index (χ4v) is 3.20. The number of nitrogens with zero attached hydrogens (tertiary/aromatic N) is 3. The average molecular weight is 393 g/mol. The average Bonchev–Trinajstić information content (AvgIpc) is 2.96. The number of imide groups is 1. The van der Waals surface area contributed by atoms with Gasteiger partial charge >= 0.3 is 0 Å². The highest BCUT2D eigenvalue weighted by atomic mass is 35.5. The summed E-state index contributed by atoms with van der Waals surface area (Å²) in [4.78, 5) is 46.7. The Morgan fingerprint density at radius 3 is 2.57 bits per heavy atom. The summed E-state index contributed by atoms with van der Waals surface area (Å²) >= 11 is 6.27. The molecular weight excluding hydrogens is 380 g/mol. The number of halogens is 1. The molecule has 0 spiro atoms. The van der Waals surface area contributed by atoms with Crippen molar-refractivity contribution in [3.63, 3.8) is 0 Å². The van der Waals surface area contributed by atoms with Crippen molar-refractivity contribution in [2.45, 2.75) is 6.54 Å². The number of aromatic nitrogens is 2. The first kappa shape index (κ1) is 17.8. The van der Waals surface area contributed by atoms with E-state index in [9.17, 15) is 14.4 Å². The number of nitrogens with one attached hydrogen (secondary N) is 1. The summed E-state index contributed by atoms with van der Waals surface area (Å²) in [5, 5.41) is 3.02. The van der Waals surface area contributed by atoms with Crippen LogP contribution in [0.25, 0.3) is 0 Å². The number of amides is 3. The number of carbonyl (C=O) groups excluding carboxylic acids is 3. The van der Waals surface area contributed by atoms with Crippen LogP contribution in [0.5, 0.6) is 0 Å². The summed E-state index contributed by atoms with van der Waals surface area (Å²) in [6, 6.07) is 11.5. The minimum atomic E-state index is -0.443. The number of rotatable bonds is 4. The number of benzene rings is 1. The van der Waals surface area contributed by atoms with E-state index in [2.05, 4.69) is 15.3 Å². The summed E-state index contributed by atoms with van der Waals surface area (Å²) in [6.45, 7) is -0.0370. The van der Waals surface area contributed by atoms with Crippen LogP contribution in [0.15, 0.2) is 61.1 Å². The van der Waals surface area contributed by atoms with Crippen molar-refractivity contribution in [3.05, 3.63) is 88.5 Å². The van der Waals surface area contributed by atoms with E-state index in [1.165, 1.54) is 24.7 Å². The third-order valence-corrected chi connectivity index (χ3v) is 4.65. The van der Waals surface area contributed by atoms with E-state index in [0.717, 1.165) is 4.90 Å². The second-order valence-corrected chi connectivity index (χ2v) is 6.47. The lowest BCUT2D eigenvalue weighted by atomic mass is 10.1. The molecular formula is C20H13ClN4O3. The van der Waals surface area contributed by atoms with Crippen molar-refractivity contribution < 1.29 is 14.4 Å². The molecule has 0 radical (unpaired) electrons. The van der Waals surface area contributed by atoms with Gasteiger partial charge in [0.25, 0.3) is 17.7 Å². The second-order valence-electron chi connectivity index (χ2n) is 6.06. The topological polar surface area (TPSA) is 92.3 Å². The SMILES string of the molecule is O=C(Nc1c(Cl)cccc1CN1C(=O)c2ccncc2C1=O)c1ccccn1. The fraction of sp³-hybridized carbons (Fsp3) is 0.0500. The first-order chi connectivity index (χ1) is 13.6. The molecule has 0 atom stereocenters. The molecule has 0 saturated heterocycles. The monoisotopic (exact) mass is 392 g/mol. The maximum Gasteiger partial charge on any atom is 0.274 e. The maximum atomic E-state index is 12.6. The normalized spacial score (nSPS) is 12.8. The van der Waals surface area contributed by atoms with Crippen LogP contribution in [0, 0.1) is 0 Å². The lowest BCUT2D eigenvalue weighted by Gasteiger charge is -2.18. The van der Waals surface area contributed by atoms with Gasteiger partial charge in [0.2, 0.25) is 0 Å². The minimum Gasteiger partial charge on any atom is -0.319 e. The molecule has 3 amide bonds. The predicted molar refractivity (Wildman–Crippen MR) is 102 cm³/mol. The van der Waals surface area contributed by atoms with Crippen LogP contribution >= 0.6 is 11.6 Å². The number of carbonyl (C=O) groups is 3. The van der Waals surface area contributed by atoms with Crippen molar-refractivity contribution in [3.8, 4) is 0 Å². The maximum absolute atomic E-state index is 12.6. The van der Waals surface area contributed by atoms with Crippen molar-refractivity contribution in [2.24, 2.45) is 0 Å². The van der Waals surface area contributed by atoms with E-state index in [1.54, 1.807) is 36.4 Å². The lowest BCUT2D eigenvalue weighted by Crippen LogP contribution is -2.29. The number of para-hydroxylation sites is 1. The molecule has 3 heterocycles. The Labute approximate surface area is 165 Å². The largest absolute Gasteiger partial charge is 0.319 e. The van der Waals surface area contributed by atoms with E-state index < -0.39 is 17.7 Å². The zero-order valence-corrected chi connectivity index (χ0v) is 15.2. The molecule has 1 aromatic carbocycles.